The predicted octanol–water partition coefficient (Wildman–Crippen LogP) is 2.00. The fraction of sp³-hybridized carbons (Fsp3) is 0.357. The maximum Gasteiger partial charge on any atom is 0.349 e. The van der Waals surface area contributed by atoms with E-state index in [2.05, 4.69) is 10.0 Å². The number of carbonyl (C=O) groups excluding carboxylic acids is 1. The fourth-order valence-corrected chi connectivity index (χ4v) is 4.88. The summed E-state index contributed by atoms with van der Waals surface area (Å²) in [5.41, 5.74) is 0. The highest BCUT2D eigenvalue weighted by atomic mass is 35.5. The van der Waals surface area contributed by atoms with Crippen LogP contribution in [0.1, 0.15) is 16.6 Å². The highest BCUT2D eigenvalue weighted by Gasteiger charge is 2.28. The van der Waals surface area contributed by atoms with E-state index in [0.29, 0.717) is 11.9 Å². The van der Waals surface area contributed by atoms with E-state index in [4.69, 9.17) is 4.74 Å². The topological polar surface area (TPSA) is 84.5 Å². The molecule has 0 unspecified atom stereocenters. The second-order valence-electron chi connectivity index (χ2n) is 4.50. The number of ether oxygens (including phenoxy) is 1. The van der Waals surface area contributed by atoms with Gasteiger partial charge in [-0.2, -0.15) is 0 Å². The number of hydrogen-bond acceptors (Lipinski definition) is 6. The molecular formula is C14H19ClN2O4S2. The number of sulfonamides is 1. The van der Waals surface area contributed by atoms with Crippen molar-refractivity contribution in [2.24, 2.45) is 0 Å². The molecule has 0 spiro atoms. The SMILES string of the molecule is CCNCCNS(=O)(=O)c1c(C(=O)OC)sc2ccccc12.Cl. The number of benzene rings is 1. The molecule has 2 aromatic rings. The highest BCUT2D eigenvalue weighted by Crippen LogP contribution is 2.34. The normalized spacial score (nSPS) is 11.2. The molecule has 6 nitrogen and oxygen atoms in total. The first kappa shape index (κ1) is 19.9. The van der Waals surface area contributed by atoms with E-state index >= 15 is 0 Å². The largest absolute Gasteiger partial charge is 0.465 e. The summed E-state index contributed by atoms with van der Waals surface area (Å²) >= 11 is 1.12. The molecule has 2 N–H and O–H groups in total. The van der Waals surface area contributed by atoms with Gasteiger partial charge in [-0.1, -0.05) is 25.1 Å². The zero-order chi connectivity index (χ0) is 16.2. The Morgan fingerprint density at radius 1 is 1.26 bits per heavy atom. The third-order valence-corrected chi connectivity index (χ3v) is 5.86. The third kappa shape index (κ3) is 4.42. The van der Waals surface area contributed by atoms with Gasteiger partial charge < -0.3 is 10.1 Å². The van der Waals surface area contributed by atoms with Crippen LogP contribution in [-0.2, 0) is 14.8 Å². The van der Waals surface area contributed by atoms with Crippen LogP contribution in [0.5, 0.6) is 0 Å². The smallest absolute Gasteiger partial charge is 0.349 e. The van der Waals surface area contributed by atoms with Crippen LogP contribution in [0.15, 0.2) is 29.2 Å². The molecule has 0 radical (unpaired) electrons. The summed E-state index contributed by atoms with van der Waals surface area (Å²) in [6.45, 7) is 3.47. The number of hydrogen-bond donors (Lipinski definition) is 2. The molecule has 1 aromatic heterocycles. The Labute approximate surface area is 145 Å². The van der Waals surface area contributed by atoms with Crippen molar-refractivity contribution in [3.05, 3.63) is 29.1 Å². The van der Waals surface area contributed by atoms with E-state index in [0.717, 1.165) is 22.6 Å². The van der Waals surface area contributed by atoms with Gasteiger partial charge in [0.15, 0.2) is 0 Å². The average molecular weight is 379 g/mol. The minimum Gasteiger partial charge on any atom is -0.465 e. The van der Waals surface area contributed by atoms with E-state index in [1.165, 1.54) is 7.11 Å². The number of likely N-dealkylation sites (N-methyl/N-ethyl adjacent to an activating group) is 1. The summed E-state index contributed by atoms with van der Waals surface area (Å²) in [6, 6.07) is 7.02. The van der Waals surface area contributed by atoms with Crippen molar-refractivity contribution in [3.63, 3.8) is 0 Å². The number of methoxy groups -OCH3 is 1. The molecule has 0 aliphatic heterocycles. The Morgan fingerprint density at radius 3 is 2.61 bits per heavy atom. The van der Waals surface area contributed by atoms with Crippen LogP contribution < -0.4 is 10.0 Å². The summed E-state index contributed by atoms with van der Waals surface area (Å²) in [4.78, 5) is 12.0. The van der Waals surface area contributed by atoms with Crippen LogP contribution in [0.3, 0.4) is 0 Å². The highest BCUT2D eigenvalue weighted by molar-refractivity contribution is 7.90. The average Bonchev–Trinajstić information content (AvgIpc) is 2.91. The van der Waals surface area contributed by atoms with Gasteiger partial charge in [0.1, 0.15) is 9.77 Å². The zero-order valence-electron chi connectivity index (χ0n) is 12.8. The lowest BCUT2D eigenvalue weighted by molar-refractivity contribution is 0.0602. The van der Waals surface area contributed by atoms with Gasteiger partial charge in [-0.05, 0) is 12.6 Å². The van der Waals surface area contributed by atoms with Crippen LogP contribution in [0.25, 0.3) is 10.1 Å². The summed E-state index contributed by atoms with van der Waals surface area (Å²) < 4.78 is 33.1. The third-order valence-electron chi connectivity index (χ3n) is 3.03. The standard InChI is InChI=1S/C14H18N2O4S2.ClH/c1-3-15-8-9-16-22(18,19)13-10-6-4-5-7-11(10)21-12(13)14(17)20-2;/h4-7,15-16H,3,8-9H2,1-2H3;1H. The number of esters is 1. The maximum absolute atomic E-state index is 12.6. The van der Waals surface area contributed by atoms with Gasteiger partial charge in [0.2, 0.25) is 10.0 Å². The predicted molar refractivity (Wildman–Crippen MR) is 94.1 cm³/mol. The van der Waals surface area contributed by atoms with Crippen molar-refractivity contribution >= 4 is 49.8 Å². The first-order valence-corrected chi connectivity index (χ1v) is 9.11. The van der Waals surface area contributed by atoms with Crippen LogP contribution >= 0.6 is 23.7 Å². The van der Waals surface area contributed by atoms with Gasteiger partial charge in [0.25, 0.3) is 0 Å². The van der Waals surface area contributed by atoms with Gasteiger partial charge in [0, 0.05) is 23.2 Å². The molecule has 0 amide bonds. The van der Waals surface area contributed by atoms with Crippen LogP contribution in [0, 0.1) is 0 Å². The second-order valence-corrected chi connectivity index (χ2v) is 7.26. The monoisotopic (exact) mass is 378 g/mol. The quantitative estimate of drug-likeness (QED) is 0.568. The Morgan fingerprint density at radius 2 is 1.96 bits per heavy atom. The van der Waals surface area contributed by atoms with E-state index in [1.54, 1.807) is 24.3 Å². The van der Waals surface area contributed by atoms with Crippen molar-refractivity contribution in [2.45, 2.75) is 11.8 Å². The molecule has 1 heterocycles. The lowest BCUT2D eigenvalue weighted by atomic mass is 10.2. The lowest BCUT2D eigenvalue weighted by Gasteiger charge is -2.08. The van der Waals surface area contributed by atoms with Crippen LogP contribution in [-0.4, -0.2) is 41.1 Å². The number of fused-ring (bicyclic) bond motifs is 1. The summed E-state index contributed by atoms with van der Waals surface area (Å²) in [5.74, 6) is -0.645. The number of rotatable bonds is 7. The van der Waals surface area contributed by atoms with E-state index in [1.807, 2.05) is 6.92 Å². The van der Waals surface area contributed by atoms with Crippen molar-refractivity contribution in [3.8, 4) is 0 Å². The van der Waals surface area contributed by atoms with Gasteiger partial charge in [-0.25, -0.2) is 17.9 Å². The molecule has 0 aliphatic carbocycles. The number of carbonyl (C=O) groups is 1. The Bertz CT molecular complexity index is 774. The molecule has 0 fully saturated rings. The van der Waals surface area contributed by atoms with Crippen molar-refractivity contribution in [1.29, 1.82) is 0 Å². The minimum atomic E-state index is -3.79. The van der Waals surface area contributed by atoms with E-state index in [-0.39, 0.29) is 28.7 Å². The number of nitrogens with one attached hydrogen (secondary N) is 2. The Kier molecular flexibility index (Phi) is 7.43. The van der Waals surface area contributed by atoms with Crippen LogP contribution in [0.4, 0.5) is 0 Å². The van der Waals surface area contributed by atoms with Crippen molar-refractivity contribution in [2.75, 3.05) is 26.7 Å². The van der Waals surface area contributed by atoms with Crippen molar-refractivity contribution < 1.29 is 17.9 Å². The van der Waals surface area contributed by atoms with Gasteiger partial charge in [0.05, 0.1) is 7.11 Å². The molecule has 0 bridgehead atoms. The van der Waals surface area contributed by atoms with E-state index < -0.39 is 16.0 Å². The van der Waals surface area contributed by atoms with E-state index in [9.17, 15) is 13.2 Å². The molecule has 0 saturated heterocycles. The Balaban J connectivity index is 0.00000264. The summed E-state index contributed by atoms with van der Waals surface area (Å²) in [6.07, 6.45) is 0. The Hall–Kier alpha value is -1.19. The van der Waals surface area contributed by atoms with Gasteiger partial charge in [-0.3, -0.25) is 0 Å². The fourth-order valence-electron chi connectivity index (χ4n) is 2.04. The first-order chi connectivity index (χ1) is 10.5. The number of halogens is 1. The summed E-state index contributed by atoms with van der Waals surface area (Å²) in [7, 11) is -2.55. The second kappa shape index (κ2) is 8.60. The first-order valence-electron chi connectivity index (χ1n) is 6.81. The lowest BCUT2D eigenvalue weighted by Crippen LogP contribution is -2.32. The molecule has 0 saturated carbocycles. The molecule has 2 rings (SSSR count). The molecule has 128 valence electrons. The molecular weight excluding hydrogens is 360 g/mol. The summed E-state index contributed by atoms with van der Waals surface area (Å²) in [5, 5.41) is 3.57. The van der Waals surface area contributed by atoms with Crippen molar-refractivity contribution in [1.82, 2.24) is 10.0 Å². The number of thiophene rings is 1. The maximum atomic E-state index is 12.6. The molecule has 1 aromatic carbocycles. The molecule has 9 heteroatoms. The molecule has 23 heavy (non-hydrogen) atoms. The molecule has 0 atom stereocenters. The van der Waals surface area contributed by atoms with Gasteiger partial charge >= 0.3 is 5.97 Å². The molecule has 0 aliphatic rings. The minimum absolute atomic E-state index is 0. The zero-order valence-corrected chi connectivity index (χ0v) is 15.2. The van der Waals surface area contributed by atoms with Gasteiger partial charge in [-0.15, -0.1) is 23.7 Å². The van der Waals surface area contributed by atoms with Crippen LogP contribution in [0.2, 0.25) is 0 Å².